The van der Waals surface area contributed by atoms with Gasteiger partial charge in [0.2, 0.25) is 5.76 Å². The molecule has 132 valence electrons. The van der Waals surface area contributed by atoms with E-state index in [-0.39, 0.29) is 19.0 Å². The third-order valence-corrected chi connectivity index (χ3v) is 4.50. The second kappa shape index (κ2) is 5.97. The van der Waals surface area contributed by atoms with Gasteiger partial charge < -0.3 is 28.8 Å². The molecule has 1 N–H and O–H groups in total. The van der Waals surface area contributed by atoms with Crippen LogP contribution >= 0.6 is 0 Å². The van der Waals surface area contributed by atoms with Crippen molar-refractivity contribution in [3.05, 3.63) is 11.8 Å². The molecule has 0 aromatic rings. The molecule has 1 saturated heterocycles. The van der Waals surface area contributed by atoms with Gasteiger partial charge in [-0.25, -0.2) is 14.6 Å². The van der Waals surface area contributed by atoms with Gasteiger partial charge in [-0.1, -0.05) is 6.92 Å². The number of aliphatic imine (C=N–C) groups is 1. The van der Waals surface area contributed by atoms with Crippen LogP contribution in [0.5, 0.6) is 0 Å². The number of carbonyl (C=O) groups is 2. The molecule has 0 amide bonds. The molecule has 9 heteroatoms. The van der Waals surface area contributed by atoms with Crippen LogP contribution in [0.15, 0.2) is 16.8 Å². The van der Waals surface area contributed by atoms with Gasteiger partial charge in [0.15, 0.2) is 12.0 Å². The van der Waals surface area contributed by atoms with Crippen molar-refractivity contribution in [2.45, 2.75) is 38.2 Å². The number of nitrogens with zero attached hydrogens (tertiary/aromatic N) is 1. The first-order valence-corrected chi connectivity index (χ1v) is 7.50. The average Bonchev–Trinajstić information content (AvgIpc) is 3.11. The molecule has 0 radical (unpaired) electrons. The van der Waals surface area contributed by atoms with E-state index in [0.29, 0.717) is 5.90 Å². The summed E-state index contributed by atoms with van der Waals surface area (Å²) in [5.74, 6) is -0.981. The van der Waals surface area contributed by atoms with E-state index >= 15 is 0 Å². The fourth-order valence-electron chi connectivity index (χ4n) is 3.32. The average molecular weight is 341 g/mol. The topological polar surface area (TPSA) is 113 Å². The summed E-state index contributed by atoms with van der Waals surface area (Å²) in [5, 5.41) is 9.32. The fourth-order valence-corrected chi connectivity index (χ4v) is 3.32. The van der Waals surface area contributed by atoms with E-state index in [1.165, 1.54) is 13.2 Å². The Bertz CT molecular complexity index is 615. The Labute approximate surface area is 138 Å². The SMILES string of the molecule is COC[C@](C)([C@@H]1COC(=O)O1)[C@H]1OC(C(=O)O)=C[C@H]2OC(C)=N[C@@H]21. The van der Waals surface area contributed by atoms with Crippen LogP contribution in [0.1, 0.15) is 13.8 Å². The second-order valence-corrected chi connectivity index (χ2v) is 6.20. The number of carboxylic acid groups (broad SMARTS) is 1. The van der Waals surface area contributed by atoms with Gasteiger partial charge in [-0.15, -0.1) is 0 Å². The van der Waals surface area contributed by atoms with Crippen LogP contribution in [-0.2, 0) is 28.5 Å². The van der Waals surface area contributed by atoms with Crippen LogP contribution in [0.3, 0.4) is 0 Å². The van der Waals surface area contributed by atoms with Gasteiger partial charge >= 0.3 is 12.1 Å². The maximum atomic E-state index is 11.4. The lowest BCUT2D eigenvalue weighted by Crippen LogP contribution is -2.56. The zero-order chi connectivity index (χ0) is 17.5. The maximum absolute atomic E-state index is 11.4. The summed E-state index contributed by atoms with van der Waals surface area (Å²) in [5.41, 5.74) is -0.879. The van der Waals surface area contributed by atoms with Crippen molar-refractivity contribution in [1.82, 2.24) is 0 Å². The van der Waals surface area contributed by atoms with E-state index < -0.39 is 41.9 Å². The van der Waals surface area contributed by atoms with Crippen molar-refractivity contribution in [2.75, 3.05) is 20.3 Å². The van der Waals surface area contributed by atoms with Crippen LogP contribution < -0.4 is 0 Å². The molecular weight excluding hydrogens is 322 g/mol. The molecule has 24 heavy (non-hydrogen) atoms. The molecule has 3 aliphatic rings. The Morgan fingerprint density at radius 1 is 1.46 bits per heavy atom. The lowest BCUT2D eigenvalue weighted by Gasteiger charge is -2.43. The molecule has 5 atom stereocenters. The molecule has 1 fully saturated rings. The van der Waals surface area contributed by atoms with Crippen molar-refractivity contribution < 1.29 is 38.4 Å². The van der Waals surface area contributed by atoms with Gasteiger partial charge in [0.25, 0.3) is 0 Å². The van der Waals surface area contributed by atoms with E-state index in [0.717, 1.165) is 0 Å². The predicted octanol–water partition coefficient (Wildman–Crippen LogP) is 0.728. The predicted molar refractivity (Wildman–Crippen MR) is 78.6 cm³/mol. The van der Waals surface area contributed by atoms with Gasteiger partial charge in [-0.05, 0) is 0 Å². The van der Waals surface area contributed by atoms with Gasteiger partial charge in [-0.2, -0.15) is 0 Å². The number of ether oxygens (including phenoxy) is 5. The molecule has 9 nitrogen and oxygen atoms in total. The monoisotopic (exact) mass is 341 g/mol. The second-order valence-electron chi connectivity index (χ2n) is 6.20. The number of carbonyl (C=O) groups excluding carboxylic acids is 1. The molecule has 0 unspecified atom stereocenters. The number of fused-ring (bicyclic) bond motifs is 1. The highest BCUT2D eigenvalue weighted by atomic mass is 16.8. The van der Waals surface area contributed by atoms with Gasteiger partial charge in [0.05, 0.1) is 12.0 Å². The first kappa shape index (κ1) is 16.6. The smallest absolute Gasteiger partial charge is 0.480 e. The summed E-state index contributed by atoms with van der Waals surface area (Å²) in [6.45, 7) is 3.67. The number of methoxy groups -OCH3 is 1. The quantitative estimate of drug-likeness (QED) is 0.728. The Kier molecular flexibility index (Phi) is 4.12. The van der Waals surface area contributed by atoms with Crippen LogP contribution in [0.4, 0.5) is 4.79 Å². The molecule has 0 aromatic carbocycles. The van der Waals surface area contributed by atoms with Crippen LogP contribution in [0.2, 0.25) is 0 Å². The first-order chi connectivity index (χ1) is 11.3. The molecule has 3 heterocycles. The summed E-state index contributed by atoms with van der Waals surface area (Å²) < 4.78 is 26.7. The summed E-state index contributed by atoms with van der Waals surface area (Å²) >= 11 is 0. The Morgan fingerprint density at radius 3 is 2.79 bits per heavy atom. The first-order valence-electron chi connectivity index (χ1n) is 7.50. The minimum Gasteiger partial charge on any atom is -0.480 e. The highest BCUT2D eigenvalue weighted by Gasteiger charge is 2.56. The summed E-state index contributed by atoms with van der Waals surface area (Å²) in [7, 11) is 1.50. The highest BCUT2D eigenvalue weighted by Crippen LogP contribution is 2.42. The van der Waals surface area contributed by atoms with Crippen LogP contribution in [0, 0.1) is 5.41 Å². The third-order valence-electron chi connectivity index (χ3n) is 4.50. The van der Waals surface area contributed by atoms with Crippen molar-refractivity contribution in [1.29, 1.82) is 0 Å². The standard InChI is InChI=1S/C15H19NO8/c1-7-16-11-8(22-7)4-9(13(17)18)23-12(11)15(2,6-20-3)10-5-21-14(19)24-10/h4,8,10-12H,5-6H2,1-3H3,(H,17,18)/t8-,10+,11+,12+,15-/m1/s1. The van der Waals surface area contributed by atoms with Crippen molar-refractivity contribution in [2.24, 2.45) is 10.4 Å². The van der Waals surface area contributed by atoms with Gasteiger partial charge in [-0.3, -0.25) is 0 Å². The molecule has 0 spiro atoms. The Hall–Kier alpha value is -2.29. The molecule has 0 saturated carbocycles. The van der Waals surface area contributed by atoms with Crippen LogP contribution in [0.25, 0.3) is 0 Å². The fraction of sp³-hybridized carbons (Fsp3) is 0.667. The zero-order valence-corrected chi connectivity index (χ0v) is 13.6. The molecule has 3 aliphatic heterocycles. The number of rotatable bonds is 5. The number of hydrogen-bond donors (Lipinski definition) is 1. The lowest BCUT2D eigenvalue weighted by molar-refractivity contribution is -0.149. The van der Waals surface area contributed by atoms with Crippen molar-refractivity contribution >= 4 is 18.0 Å². The molecule has 0 aliphatic carbocycles. The molecule has 0 bridgehead atoms. The third kappa shape index (κ3) is 2.68. The highest BCUT2D eigenvalue weighted by molar-refractivity contribution is 5.85. The van der Waals surface area contributed by atoms with Crippen LogP contribution in [-0.4, -0.2) is 67.8 Å². The van der Waals surface area contributed by atoms with E-state index in [1.807, 2.05) is 0 Å². The molecular formula is C15H19NO8. The minimum atomic E-state index is -1.20. The summed E-state index contributed by atoms with van der Waals surface area (Å²) in [4.78, 5) is 27.2. The van der Waals surface area contributed by atoms with Crippen molar-refractivity contribution in [3.8, 4) is 0 Å². The van der Waals surface area contributed by atoms with Crippen molar-refractivity contribution in [3.63, 3.8) is 0 Å². The number of cyclic esters (lactones) is 2. The number of hydrogen-bond acceptors (Lipinski definition) is 8. The van der Waals surface area contributed by atoms with Gasteiger partial charge in [0, 0.05) is 20.1 Å². The zero-order valence-electron chi connectivity index (χ0n) is 13.6. The van der Waals surface area contributed by atoms with E-state index in [4.69, 9.17) is 23.7 Å². The normalized spacial score (nSPS) is 33.9. The van der Waals surface area contributed by atoms with Gasteiger partial charge in [0.1, 0.15) is 24.9 Å². The minimum absolute atomic E-state index is 0.0333. The lowest BCUT2D eigenvalue weighted by atomic mass is 9.74. The van der Waals surface area contributed by atoms with E-state index in [1.54, 1.807) is 13.8 Å². The number of carboxylic acids is 1. The summed E-state index contributed by atoms with van der Waals surface area (Å²) in [6, 6.07) is -0.465. The largest absolute Gasteiger partial charge is 0.508 e. The Balaban J connectivity index is 1.97. The van der Waals surface area contributed by atoms with E-state index in [2.05, 4.69) is 4.99 Å². The molecule has 3 rings (SSSR count). The van der Waals surface area contributed by atoms with E-state index in [9.17, 15) is 14.7 Å². The number of aliphatic carboxylic acids is 1. The maximum Gasteiger partial charge on any atom is 0.508 e. The summed E-state index contributed by atoms with van der Waals surface area (Å²) in [6.07, 6.45) is -1.31. The Morgan fingerprint density at radius 2 is 2.21 bits per heavy atom. The molecule has 0 aromatic heterocycles.